The molecule has 3 rings (SSSR count). The van der Waals surface area contributed by atoms with E-state index < -0.39 is 0 Å². The summed E-state index contributed by atoms with van der Waals surface area (Å²) >= 11 is 0. The summed E-state index contributed by atoms with van der Waals surface area (Å²) < 4.78 is 10.4. The number of anilines is 1. The fourth-order valence-electron chi connectivity index (χ4n) is 3.30. The van der Waals surface area contributed by atoms with Crippen molar-refractivity contribution in [2.45, 2.75) is 39.3 Å². The Kier molecular flexibility index (Phi) is 5.22. The highest BCUT2D eigenvalue weighted by Gasteiger charge is 2.35. The Morgan fingerprint density at radius 2 is 2.15 bits per heavy atom. The molecular weight excluding hydrogens is 334 g/mol. The van der Waals surface area contributed by atoms with Crippen LogP contribution in [-0.2, 0) is 11.3 Å². The smallest absolute Gasteiger partial charge is 0.276 e. The first-order valence-electron chi connectivity index (χ1n) is 8.70. The van der Waals surface area contributed by atoms with Gasteiger partial charge in [0.2, 0.25) is 0 Å². The van der Waals surface area contributed by atoms with Crippen LogP contribution in [0.15, 0.2) is 10.6 Å². The van der Waals surface area contributed by atoms with E-state index >= 15 is 0 Å². The van der Waals surface area contributed by atoms with Gasteiger partial charge >= 0.3 is 0 Å². The third-order valence-electron chi connectivity index (χ3n) is 4.63. The summed E-state index contributed by atoms with van der Waals surface area (Å²) in [5.41, 5.74) is 1.89. The van der Waals surface area contributed by atoms with E-state index in [0.29, 0.717) is 36.0 Å². The molecule has 3 heterocycles. The first-order valence-corrected chi connectivity index (χ1v) is 8.70. The molecule has 1 atom stereocenters. The fraction of sp³-hybridized carbons (Fsp3) is 0.556. The Morgan fingerprint density at radius 3 is 2.85 bits per heavy atom. The van der Waals surface area contributed by atoms with Gasteiger partial charge in [0.25, 0.3) is 5.91 Å². The molecule has 26 heavy (non-hydrogen) atoms. The normalized spacial score (nSPS) is 17.0. The van der Waals surface area contributed by atoms with E-state index in [-0.39, 0.29) is 11.9 Å². The molecule has 0 N–H and O–H groups in total. The molecule has 0 spiro atoms. The predicted octanol–water partition coefficient (Wildman–Crippen LogP) is 2.27. The highest BCUT2D eigenvalue weighted by atomic mass is 16.5. The summed E-state index contributed by atoms with van der Waals surface area (Å²) in [6.45, 7) is 4.63. The van der Waals surface area contributed by atoms with Gasteiger partial charge in [-0.3, -0.25) is 4.79 Å². The molecule has 0 aromatic carbocycles. The van der Waals surface area contributed by atoms with Gasteiger partial charge in [-0.25, -0.2) is 9.97 Å². The van der Waals surface area contributed by atoms with Gasteiger partial charge in [0, 0.05) is 33.8 Å². The lowest BCUT2D eigenvalue weighted by Gasteiger charge is -2.25. The van der Waals surface area contributed by atoms with Gasteiger partial charge in [0.15, 0.2) is 5.69 Å². The van der Waals surface area contributed by atoms with Crippen molar-refractivity contribution < 1.29 is 14.1 Å². The summed E-state index contributed by atoms with van der Waals surface area (Å²) in [5, 5.41) is 3.98. The van der Waals surface area contributed by atoms with Crippen LogP contribution in [0.5, 0.6) is 0 Å². The van der Waals surface area contributed by atoms with Gasteiger partial charge in [-0.15, -0.1) is 0 Å². The van der Waals surface area contributed by atoms with E-state index in [9.17, 15) is 4.79 Å². The number of hydrogen-bond acceptors (Lipinski definition) is 7. The molecule has 2 aromatic heterocycles. The van der Waals surface area contributed by atoms with Crippen LogP contribution in [-0.4, -0.2) is 53.7 Å². The van der Waals surface area contributed by atoms with Crippen molar-refractivity contribution in [1.82, 2.24) is 20.0 Å². The molecule has 1 saturated heterocycles. The van der Waals surface area contributed by atoms with Crippen molar-refractivity contribution in [2.24, 2.45) is 0 Å². The lowest BCUT2D eigenvalue weighted by Crippen LogP contribution is -2.32. The van der Waals surface area contributed by atoms with Crippen LogP contribution >= 0.6 is 0 Å². The quantitative estimate of drug-likeness (QED) is 0.809. The van der Waals surface area contributed by atoms with E-state index in [1.54, 1.807) is 14.0 Å². The molecular formula is C18H25N5O3. The molecule has 0 unspecified atom stereocenters. The lowest BCUT2D eigenvalue weighted by atomic mass is 10.1. The Labute approximate surface area is 153 Å². The third-order valence-corrected chi connectivity index (χ3v) is 4.63. The van der Waals surface area contributed by atoms with Crippen LogP contribution in [0.2, 0.25) is 0 Å². The first-order chi connectivity index (χ1) is 12.4. The van der Waals surface area contributed by atoms with Gasteiger partial charge in [0.1, 0.15) is 17.4 Å². The van der Waals surface area contributed by atoms with Gasteiger partial charge in [-0.05, 0) is 26.7 Å². The number of hydrogen-bond donors (Lipinski definition) is 0. The van der Waals surface area contributed by atoms with Crippen LogP contribution in [0.4, 0.5) is 5.82 Å². The number of nitrogens with zero attached hydrogens (tertiary/aromatic N) is 5. The number of aromatic nitrogens is 3. The monoisotopic (exact) mass is 359 g/mol. The number of carbonyl (C=O) groups excluding carboxylic acids is 1. The Bertz CT molecular complexity index is 802. The summed E-state index contributed by atoms with van der Waals surface area (Å²) in [6.07, 6.45) is 1.79. The molecule has 8 heteroatoms. The van der Waals surface area contributed by atoms with Crippen LogP contribution in [0, 0.1) is 13.8 Å². The van der Waals surface area contributed by atoms with Crippen molar-refractivity contribution in [3.63, 3.8) is 0 Å². The summed E-state index contributed by atoms with van der Waals surface area (Å²) in [7, 11) is 5.47. The standard InChI is InChI=1S/C18H25N5O3/c1-11-13(10-25-5)17(21-26-11)18(24)23-8-6-7-15(23)14-9-16(22(3)4)20-12(2)19-14/h9,15H,6-8,10H2,1-5H3/t15-/m0/s1. The molecule has 140 valence electrons. The van der Waals surface area contributed by atoms with E-state index in [4.69, 9.17) is 9.26 Å². The molecule has 8 nitrogen and oxygen atoms in total. The predicted molar refractivity (Wildman–Crippen MR) is 96.1 cm³/mol. The van der Waals surface area contributed by atoms with Crippen LogP contribution in [0.1, 0.15) is 52.2 Å². The van der Waals surface area contributed by atoms with E-state index in [0.717, 1.165) is 24.4 Å². The molecule has 1 aliphatic heterocycles. The number of aryl methyl sites for hydroxylation is 2. The van der Waals surface area contributed by atoms with Crippen molar-refractivity contribution in [3.05, 3.63) is 34.6 Å². The molecule has 2 aromatic rings. The number of methoxy groups -OCH3 is 1. The molecule has 0 bridgehead atoms. The SMILES string of the molecule is COCc1c(C(=O)N2CCC[C@H]2c2cc(N(C)C)nc(C)n2)noc1C. The Morgan fingerprint density at radius 1 is 1.38 bits per heavy atom. The Balaban J connectivity index is 1.93. The van der Waals surface area contributed by atoms with Crippen LogP contribution in [0.25, 0.3) is 0 Å². The number of carbonyl (C=O) groups is 1. The second-order valence-corrected chi connectivity index (χ2v) is 6.75. The second kappa shape index (κ2) is 7.41. The second-order valence-electron chi connectivity index (χ2n) is 6.75. The molecule has 1 fully saturated rings. The fourth-order valence-corrected chi connectivity index (χ4v) is 3.30. The Hall–Kier alpha value is -2.48. The van der Waals surface area contributed by atoms with Crippen molar-refractivity contribution in [2.75, 3.05) is 32.6 Å². The molecule has 1 aliphatic rings. The van der Waals surface area contributed by atoms with E-state index in [2.05, 4.69) is 15.1 Å². The average Bonchev–Trinajstić information content (AvgIpc) is 3.22. The maximum atomic E-state index is 13.1. The number of rotatable bonds is 5. The lowest BCUT2D eigenvalue weighted by molar-refractivity contribution is 0.0718. The minimum atomic E-state index is -0.140. The van der Waals surface area contributed by atoms with Crippen molar-refractivity contribution >= 4 is 11.7 Å². The molecule has 1 amide bonds. The zero-order chi connectivity index (χ0) is 18.8. The van der Waals surface area contributed by atoms with Crippen molar-refractivity contribution in [3.8, 4) is 0 Å². The molecule has 0 radical (unpaired) electrons. The maximum Gasteiger partial charge on any atom is 0.276 e. The number of amides is 1. The summed E-state index contributed by atoms with van der Waals surface area (Å²) in [5.74, 6) is 2.00. The minimum Gasteiger partial charge on any atom is -0.380 e. The van der Waals surface area contributed by atoms with Gasteiger partial charge in [0.05, 0.1) is 23.9 Å². The van der Waals surface area contributed by atoms with Gasteiger partial charge in [-0.1, -0.05) is 5.16 Å². The first kappa shape index (κ1) is 18.3. The number of likely N-dealkylation sites (tertiary alicyclic amines) is 1. The maximum absolute atomic E-state index is 13.1. The number of ether oxygens (including phenoxy) is 1. The van der Waals surface area contributed by atoms with Gasteiger partial charge in [-0.2, -0.15) is 0 Å². The molecule has 0 saturated carbocycles. The van der Waals surface area contributed by atoms with Crippen LogP contribution in [0.3, 0.4) is 0 Å². The molecule has 0 aliphatic carbocycles. The van der Waals surface area contributed by atoms with Crippen LogP contribution < -0.4 is 4.90 Å². The topological polar surface area (TPSA) is 84.6 Å². The summed E-state index contributed by atoms with van der Waals surface area (Å²) in [4.78, 5) is 25.9. The van der Waals surface area contributed by atoms with E-state index in [1.165, 1.54) is 0 Å². The largest absolute Gasteiger partial charge is 0.380 e. The highest BCUT2D eigenvalue weighted by molar-refractivity contribution is 5.94. The zero-order valence-corrected chi connectivity index (χ0v) is 15.9. The van der Waals surface area contributed by atoms with Gasteiger partial charge < -0.3 is 19.1 Å². The minimum absolute atomic E-state index is 0.0877. The summed E-state index contributed by atoms with van der Waals surface area (Å²) in [6, 6.07) is 1.86. The highest BCUT2D eigenvalue weighted by Crippen LogP contribution is 2.34. The third kappa shape index (κ3) is 3.41. The zero-order valence-electron chi connectivity index (χ0n) is 15.9. The van der Waals surface area contributed by atoms with E-state index in [1.807, 2.05) is 36.9 Å². The van der Waals surface area contributed by atoms with Crippen molar-refractivity contribution in [1.29, 1.82) is 0 Å². The average molecular weight is 359 g/mol.